The first kappa shape index (κ1) is 21.4. The Morgan fingerprint density at radius 1 is 1.10 bits per heavy atom. The van der Waals surface area contributed by atoms with Crippen LogP contribution >= 0.6 is 0 Å². The van der Waals surface area contributed by atoms with E-state index in [9.17, 15) is 9.90 Å². The fraction of sp³-hybridized carbons (Fsp3) is 0.240. The summed E-state index contributed by atoms with van der Waals surface area (Å²) in [5.74, 6) is -0.0873. The molecule has 0 aliphatic heterocycles. The topological polar surface area (TPSA) is 63.5 Å². The summed E-state index contributed by atoms with van der Waals surface area (Å²) in [6, 6.07) is 16.0. The molecule has 1 aromatic heterocycles. The van der Waals surface area contributed by atoms with E-state index in [-0.39, 0.29) is 0 Å². The highest BCUT2D eigenvalue weighted by atomic mass is 16.5. The third-order valence-electron chi connectivity index (χ3n) is 5.45. The molecule has 2 aromatic carbocycles. The third-order valence-corrected chi connectivity index (χ3v) is 5.45. The molecule has 0 bridgehead atoms. The van der Waals surface area contributed by atoms with Crippen LogP contribution in [-0.4, -0.2) is 22.8 Å². The lowest BCUT2D eigenvalue weighted by molar-refractivity contribution is 0.0694. The number of methoxy groups -OCH3 is 1. The van der Waals surface area contributed by atoms with Gasteiger partial charge in [-0.25, -0.2) is 4.79 Å². The quantitative estimate of drug-likeness (QED) is 0.538. The van der Waals surface area contributed by atoms with Crippen molar-refractivity contribution in [2.45, 2.75) is 33.5 Å². The van der Waals surface area contributed by atoms with E-state index in [1.165, 1.54) is 0 Å². The van der Waals surface area contributed by atoms with Crippen LogP contribution in [-0.2, 0) is 19.6 Å². The third kappa shape index (κ3) is 4.63. The second-order valence-corrected chi connectivity index (χ2v) is 7.32. The van der Waals surface area contributed by atoms with Crippen LogP contribution in [0, 0.1) is 13.8 Å². The summed E-state index contributed by atoms with van der Waals surface area (Å²) in [6.07, 6.45) is 1.81. The SMILES string of the molecule is C=Cc1ccc(Cn2c(C)c(CNCc3cccc(OC)c3)c(C(=O)O)c2C)cc1. The monoisotopic (exact) mass is 404 g/mol. The Hall–Kier alpha value is -3.31. The van der Waals surface area contributed by atoms with Gasteiger partial charge in [-0.3, -0.25) is 0 Å². The lowest BCUT2D eigenvalue weighted by Crippen LogP contribution is -2.15. The van der Waals surface area contributed by atoms with Crippen molar-refractivity contribution >= 4 is 12.0 Å². The lowest BCUT2D eigenvalue weighted by atomic mass is 10.1. The predicted molar refractivity (Wildman–Crippen MR) is 120 cm³/mol. The number of hydrogen-bond acceptors (Lipinski definition) is 3. The van der Waals surface area contributed by atoms with Crippen molar-refractivity contribution in [3.05, 3.63) is 94.3 Å². The zero-order valence-electron chi connectivity index (χ0n) is 17.7. The Morgan fingerprint density at radius 2 is 1.83 bits per heavy atom. The standard InChI is InChI=1S/C25H28N2O3/c1-5-19-9-11-20(12-10-19)16-27-17(2)23(24(18(27)3)25(28)29)15-26-14-21-7-6-8-22(13-21)30-4/h5-13,26H,1,14-16H2,2-4H3,(H,28,29). The van der Waals surface area contributed by atoms with E-state index in [4.69, 9.17) is 4.74 Å². The van der Waals surface area contributed by atoms with Gasteiger partial charge < -0.3 is 19.7 Å². The van der Waals surface area contributed by atoms with Gasteiger partial charge in [0.15, 0.2) is 0 Å². The number of carbonyl (C=O) groups is 1. The lowest BCUT2D eigenvalue weighted by Gasteiger charge is -2.11. The van der Waals surface area contributed by atoms with Crippen molar-refractivity contribution in [1.82, 2.24) is 9.88 Å². The average molecular weight is 405 g/mol. The molecule has 0 atom stereocenters. The minimum absolute atomic E-state index is 0.383. The van der Waals surface area contributed by atoms with Gasteiger partial charge >= 0.3 is 5.97 Å². The van der Waals surface area contributed by atoms with E-state index in [0.717, 1.165) is 39.4 Å². The van der Waals surface area contributed by atoms with Crippen LogP contribution in [0.3, 0.4) is 0 Å². The Balaban J connectivity index is 1.81. The predicted octanol–water partition coefficient (Wildman–Crippen LogP) is 4.79. The molecule has 1 heterocycles. The second kappa shape index (κ2) is 9.46. The number of benzene rings is 2. The molecule has 2 N–H and O–H groups in total. The summed E-state index contributed by atoms with van der Waals surface area (Å²) in [4.78, 5) is 12.0. The molecule has 0 saturated carbocycles. The number of hydrogen-bond donors (Lipinski definition) is 2. The molecule has 0 fully saturated rings. The minimum atomic E-state index is -0.894. The van der Waals surface area contributed by atoms with Crippen LogP contribution in [0.4, 0.5) is 0 Å². The van der Waals surface area contributed by atoms with Gasteiger partial charge in [0.1, 0.15) is 5.75 Å². The second-order valence-electron chi connectivity index (χ2n) is 7.32. The van der Waals surface area contributed by atoms with Crippen molar-refractivity contribution in [3.63, 3.8) is 0 Å². The molecule has 0 aliphatic carbocycles. The normalized spacial score (nSPS) is 10.8. The first-order valence-electron chi connectivity index (χ1n) is 9.91. The molecule has 30 heavy (non-hydrogen) atoms. The van der Waals surface area contributed by atoms with Crippen LogP contribution < -0.4 is 10.1 Å². The molecule has 3 aromatic rings. The van der Waals surface area contributed by atoms with Gasteiger partial charge in [0.2, 0.25) is 0 Å². The maximum atomic E-state index is 12.0. The van der Waals surface area contributed by atoms with Crippen molar-refractivity contribution in [2.75, 3.05) is 7.11 Å². The highest BCUT2D eigenvalue weighted by molar-refractivity contribution is 5.91. The Bertz CT molecular complexity index is 1050. The minimum Gasteiger partial charge on any atom is -0.497 e. The van der Waals surface area contributed by atoms with Crippen LogP contribution in [0.25, 0.3) is 6.08 Å². The van der Waals surface area contributed by atoms with Gasteiger partial charge in [-0.05, 0) is 42.7 Å². The van der Waals surface area contributed by atoms with Crippen molar-refractivity contribution in [2.24, 2.45) is 0 Å². The summed E-state index contributed by atoms with van der Waals surface area (Å²) in [6.45, 7) is 9.38. The molecule has 0 unspecified atom stereocenters. The van der Waals surface area contributed by atoms with Crippen LogP contribution in [0.15, 0.2) is 55.1 Å². The summed E-state index contributed by atoms with van der Waals surface area (Å²) in [5.41, 5.74) is 6.21. The molecule has 5 nitrogen and oxygen atoms in total. The fourth-order valence-corrected chi connectivity index (χ4v) is 3.74. The largest absolute Gasteiger partial charge is 0.497 e. The van der Waals surface area contributed by atoms with E-state index in [2.05, 4.69) is 28.6 Å². The number of carboxylic acids is 1. The Kier molecular flexibility index (Phi) is 6.75. The molecule has 0 radical (unpaired) electrons. The molecule has 5 heteroatoms. The summed E-state index contributed by atoms with van der Waals surface area (Å²) < 4.78 is 7.34. The number of ether oxygens (including phenoxy) is 1. The molecule has 0 amide bonds. The zero-order valence-corrected chi connectivity index (χ0v) is 17.7. The molecule has 156 valence electrons. The molecule has 0 aliphatic rings. The maximum absolute atomic E-state index is 12.0. The van der Waals surface area contributed by atoms with E-state index >= 15 is 0 Å². The molecule has 0 spiro atoms. The fourth-order valence-electron chi connectivity index (χ4n) is 3.74. The molecule has 0 saturated heterocycles. The van der Waals surface area contributed by atoms with E-state index in [1.807, 2.05) is 56.3 Å². The summed E-state index contributed by atoms with van der Waals surface area (Å²) >= 11 is 0. The molecule has 3 rings (SSSR count). The number of carboxylic acid groups (broad SMARTS) is 1. The van der Waals surface area contributed by atoms with Gasteiger partial charge in [-0.1, -0.05) is 49.1 Å². The van der Waals surface area contributed by atoms with Gasteiger partial charge in [0.25, 0.3) is 0 Å². The first-order chi connectivity index (χ1) is 14.4. The summed E-state index contributed by atoms with van der Waals surface area (Å²) in [5, 5.41) is 13.2. The maximum Gasteiger partial charge on any atom is 0.337 e. The molecular weight excluding hydrogens is 376 g/mol. The van der Waals surface area contributed by atoms with Crippen molar-refractivity contribution < 1.29 is 14.6 Å². The zero-order chi connectivity index (χ0) is 21.7. The van der Waals surface area contributed by atoms with E-state index in [0.29, 0.717) is 25.2 Å². The highest BCUT2D eigenvalue weighted by Crippen LogP contribution is 2.24. The van der Waals surface area contributed by atoms with Crippen molar-refractivity contribution in [3.8, 4) is 5.75 Å². The number of aromatic carboxylic acids is 1. The number of nitrogens with zero attached hydrogens (tertiary/aromatic N) is 1. The van der Waals surface area contributed by atoms with Gasteiger partial charge in [0, 0.05) is 36.6 Å². The highest BCUT2D eigenvalue weighted by Gasteiger charge is 2.22. The average Bonchev–Trinajstić information content (AvgIpc) is 2.99. The van der Waals surface area contributed by atoms with Crippen molar-refractivity contribution in [1.29, 1.82) is 0 Å². The van der Waals surface area contributed by atoms with Crippen LogP contribution in [0.5, 0.6) is 5.75 Å². The Labute approximate surface area is 177 Å². The van der Waals surface area contributed by atoms with Gasteiger partial charge in [0.05, 0.1) is 12.7 Å². The van der Waals surface area contributed by atoms with Gasteiger partial charge in [-0.15, -0.1) is 0 Å². The first-order valence-corrected chi connectivity index (χ1v) is 9.91. The molecular formula is C25H28N2O3. The Morgan fingerprint density at radius 3 is 2.47 bits per heavy atom. The number of rotatable bonds is 9. The van der Waals surface area contributed by atoms with E-state index < -0.39 is 5.97 Å². The van der Waals surface area contributed by atoms with Crippen LogP contribution in [0.1, 0.15) is 44.0 Å². The van der Waals surface area contributed by atoms with E-state index in [1.54, 1.807) is 7.11 Å². The number of nitrogens with one attached hydrogen (secondary N) is 1. The number of aromatic nitrogens is 1. The van der Waals surface area contributed by atoms with Crippen LogP contribution in [0.2, 0.25) is 0 Å². The smallest absolute Gasteiger partial charge is 0.337 e. The van der Waals surface area contributed by atoms with Gasteiger partial charge in [-0.2, -0.15) is 0 Å². The summed E-state index contributed by atoms with van der Waals surface area (Å²) in [7, 11) is 1.64.